The quantitative estimate of drug-likeness (QED) is 0.669. The van der Waals surface area contributed by atoms with Crippen molar-refractivity contribution in [3.05, 3.63) is 42.1 Å². The molecule has 1 heteroatoms. The fourth-order valence-corrected chi connectivity index (χ4v) is 1.08. The predicted octanol–water partition coefficient (Wildman–Crippen LogP) is 2.92. The molecule has 0 bridgehead atoms. The Labute approximate surface area is 73.4 Å². The molecule has 0 saturated heterocycles. The van der Waals surface area contributed by atoms with Gasteiger partial charge >= 0.3 is 0 Å². The molecule has 12 heavy (non-hydrogen) atoms. The van der Waals surface area contributed by atoms with E-state index >= 15 is 0 Å². The van der Waals surface area contributed by atoms with E-state index in [0.717, 1.165) is 17.8 Å². The third-order valence-corrected chi connectivity index (χ3v) is 1.59. The van der Waals surface area contributed by atoms with Crippen molar-refractivity contribution in [2.24, 2.45) is 0 Å². The zero-order valence-corrected chi connectivity index (χ0v) is 7.30. The summed E-state index contributed by atoms with van der Waals surface area (Å²) >= 11 is 0. The minimum absolute atomic E-state index is 0.933. The molecule has 1 aromatic carbocycles. The Balaban J connectivity index is 2.99. The molecule has 0 aromatic heterocycles. The highest BCUT2D eigenvalue weighted by Crippen LogP contribution is 2.15. The normalized spacial score (nSPS) is 8.75. The zero-order valence-electron chi connectivity index (χ0n) is 7.30. The van der Waals surface area contributed by atoms with Crippen LogP contribution in [0.2, 0.25) is 0 Å². The van der Waals surface area contributed by atoms with E-state index in [9.17, 15) is 0 Å². The third kappa shape index (κ3) is 2.01. The maximum atomic E-state index is 3.55. The average Bonchev–Trinajstić information content (AvgIpc) is 2.09. The van der Waals surface area contributed by atoms with Gasteiger partial charge in [0.25, 0.3) is 0 Å². The van der Waals surface area contributed by atoms with Crippen molar-refractivity contribution in [3.63, 3.8) is 0 Å². The minimum atomic E-state index is 0.933. The molecule has 0 saturated carbocycles. The van der Waals surface area contributed by atoms with Crippen LogP contribution < -0.4 is 5.32 Å². The monoisotopic (exact) mass is 159 g/mol. The maximum absolute atomic E-state index is 3.55. The van der Waals surface area contributed by atoms with Gasteiger partial charge in [-0.1, -0.05) is 24.8 Å². The lowest BCUT2D eigenvalue weighted by atomic mass is 10.2. The van der Waals surface area contributed by atoms with E-state index in [0.29, 0.717) is 0 Å². The van der Waals surface area contributed by atoms with E-state index in [1.54, 1.807) is 0 Å². The summed E-state index contributed by atoms with van der Waals surface area (Å²) in [6, 6.07) is 8.10. The van der Waals surface area contributed by atoms with E-state index in [2.05, 4.69) is 24.6 Å². The topological polar surface area (TPSA) is 12.0 Å². The molecule has 0 spiro atoms. The second kappa shape index (κ2) is 4.42. The van der Waals surface area contributed by atoms with Crippen LogP contribution in [0.25, 0.3) is 6.08 Å². The summed E-state index contributed by atoms with van der Waals surface area (Å²) in [5, 5.41) is 3.26. The molecular formula is C11H13N. The van der Waals surface area contributed by atoms with Gasteiger partial charge < -0.3 is 5.32 Å². The molecule has 0 amide bonds. The molecule has 0 aliphatic carbocycles. The molecule has 0 heterocycles. The van der Waals surface area contributed by atoms with Crippen LogP contribution in [0.1, 0.15) is 12.5 Å². The number of rotatable bonds is 3. The lowest BCUT2D eigenvalue weighted by Gasteiger charge is -2.05. The molecule has 0 atom stereocenters. The first kappa shape index (κ1) is 8.63. The Morgan fingerprint density at radius 1 is 1.50 bits per heavy atom. The standard InChI is InChI=1S/C11H13N/c1-3-7-10-8-5-6-9-11(10)12-4-2/h5-9,12H,1,4H2,2H3. The minimum Gasteiger partial charge on any atom is -0.385 e. The first-order valence-corrected chi connectivity index (χ1v) is 4.07. The smallest absolute Gasteiger partial charge is 0.0419 e. The van der Waals surface area contributed by atoms with Crippen molar-refractivity contribution in [3.8, 4) is 0 Å². The van der Waals surface area contributed by atoms with E-state index in [1.165, 1.54) is 0 Å². The second-order valence-electron chi connectivity index (χ2n) is 2.47. The Hall–Kier alpha value is -1.46. The number of nitrogens with one attached hydrogen (secondary N) is 1. The van der Waals surface area contributed by atoms with Crippen LogP contribution in [-0.2, 0) is 0 Å². The number of hydrogen-bond acceptors (Lipinski definition) is 1. The molecule has 62 valence electrons. The highest BCUT2D eigenvalue weighted by Gasteiger charge is 1.93. The summed E-state index contributed by atoms with van der Waals surface area (Å²) in [4.78, 5) is 0. The number of hydrogen-bond donors (Lipinski definition) is 1. The molecule has 1 aromatic rings. The molecule has 0 aliphatic heterocycles. The van der Waals surface area contributed by atoms with Crippen LogP contribution in [0.4, 0.5) is 5.69 Å². The van der Waals surface area contributed by atoms with Gasteiger partial charge in [-0.15, -0.1) is 5.73 Å². The number of anilines is 1. The lowest BCUT2D eigenvalue weighted by Crippen LogP contribution is -1.97. The molecule has 1 N–H and O–H groups in total. The first-order chi connectivity index (χ1) is 5.88. The Morgan fingerprint density at radius 3 is 2.92 bits per heavy atom. The van der Waals surface area contributed by atoms with Gasteiger partial charge in [-0.2, -0.15) is 0 Å². The number of para-hydroxylation sites is 1. The molecule has 0 radical (unpaired) electrons. The molecular weight excluding hydrogens is 146 g/mol. The van der Waals surface area contributed by atoms with Crippen molar-refractivity contribution in [1.29, 1.82) is 0 Å². The summed E-state index contributed by atoms with van der Waals surface area (Å²) < 4.78 is 0. The summed E-state index contributed by atoms with van der Waals surface area (Å²) in [5.74, 6) is 0. The van der Waals surface area contributed by atoms with Crippen LogP contribution in [-0.4, -0.2) is 6.54 Å². The van der Waals surface area contributed by atoms with Crippen molar-refractivity contribution in [2.45, 2.75) is 6.92 Å². The summed E-state index contributed by atoms with van der Waals surface area (Å²) in [7, 11) is 0. The van der Waals surface area contributed by atoms with Crippen LogP contribution >= 0.6 is 0 Å². The summed E-state index contributed by atoms with van der Waals surface area (Å²) in [5.41, 5.74) is 5.04. The van der Waals surface area contributed by atoms with Crippen molar-refractivity contribution >= 4 is 11.8 Å². The molecule has 0 unspecified atom stereocenters. The van der Waals surface area contributed by atoms with E-state index < -0.39 is 0 Å². The lowest BCUT2D eigenvalue weighted by molar-refractivity contribution is 1.21. The van der Waals surface area contributed by atoms with Gasteiger partial charge in [-0.05, 0) is 19.1 Å². The van der Waals surface area contributed by atoms with E-state index in [4.69, 9.17) is 0 Å². The first-order valence-electron chi connectivity index (χ1n) is 4.07. The van der Waals surface area contributed by atoms with Gasteiger partial charge in [0.15, 0.2) is 0 Å². The molecule has 0 fully saturated rings. The average molecular weight is 159 g/mol. The van der Waals surface area contributed by atoms with E-state index in [1.807, 2.05) is 30.3 Å². The van der Waals surface area contributed by atoms with Gasteiger partial charge in [-0.25, -0.2) is 0 Å². The SMILES string of the molecule is C=C=Cc1ccccc1NCC. The Morgan fingerprint density at radius 2 is 2.25 bits per heavy atom. The Bertz CT molecular complexity index is 296. The van der Waals surface area contributed by atoms with Crippen LogP contribution in [0, 0.1) is 0 Å². The van der Waals surface area contributed by atoms with Crippen molar-refractivity contribution in [1.82, 2.24) is 0 Å². The Kier molecular flexibility index (Phi) is 3.18. The van der Waals surface area contributed by atoms with Gasteiger partial charge in [-0.3, -0.25) is 0 Å². The van der Waals surface area contributed by atoms with E-state index in [-0.39, 0.29) is 0 Å². The predicted molar refractivity (Wildman–Crippen MR) is 54.2 cm³/mol. The van der Waals surface area contributed by atoms with Crippen LogP contribution in [0.5, 0.6) is 0 Å². The van der Waals surface area contributed by atoms with Crippen molar-refractivity contribution < 1.29 is 0 Å². The second-order valence-corrected chi connectivity index (χ2v) is 2.47. The van der Waals surface area contributed by atoms with Gasteiger partial charge in [0.1, 0.15) is 0 Å². The molecule has 0 aliphatic rings. The fraction of sp³-hybridized carbons (Fsp3) is 0.182. The van der Waals surface area contributed by atoms with Gasteiger partial charge in [0.05, 0.1) is 0 Å². The van der Waals surface area contributed by atoms with Crippen molar-refractivity contribution in [2.75, 3.05) is 11.9 Å². The summed E-state index contributed by atoms with van der Waals surface area (Å²) in [6.07, 6.45) is 1.87. The third-order valence-electron chi connectivity index (χ3n) is 1.59. The highest BCUT2D eigenvalue weighted by atomic mass is 14.9. The van der Waals surface area contributed by atoms with Crippen LogP contribution in [0.3, 0.4) is 0 Å². The zero-order chi connectivity index (χ0) is 8.81. The maximum Gasteiger partial charge on any atom is 0.0419 e. The highest BCUT2D eigenvalue weighted by molar-refractivity contribution is 5.65. The molecule has 1 rings (SSSR count). The largest absolute Gasteiger partial charge is 0.385 e. The summed E-state index contributed by atoms with van der Waals surface area (Å²) in [6.45, 7) is 6.56. The number of benzene rings is 1. The van der Waals surface area contributed by atoms with Crippen LogP contribution in [0.15, 0.2) is 36.6 Å². The molecule has 1 nitrogen and oxygen atoms in total. The fourth-order valence-electron chi connectivity index (χ4n) is 1.08. The van der Waals surface area contributed by atoms with Gasteiger partial charge in [0, 0.05) is 17.8 Å². The van der Waals surface area contributed by atoms with Gasteiger partial charge in [0.2, 0.25) is 0 Å².